The van der Waals surface area contributed by atoms with Gasteiger partial charge in [0.1, 0.15) is 0 Å². The molecule has 0 aliphatic heterocycles. The van der Waals surface area contributed by atoms with E-state index in [1.54, 1.807) is 11.3 Å². The second-order valence-corrected chi connectivity index (χ2v) is 4.08. The Hall–Kier alpha value is -0.610. The van der Waals surface area contributed by atoms with Crippen molar-refractivity contribution in [2.24, 2.45) is 11.7 Å². The molecule has 1 rings (SSSR count). The van der Waals surface area contributed by atoms with Crippen LogP contribution in [-0.2, 0) is 6.42 Å². The van der Waals surface area contributed by atoms with Gasteiger partial charge in [-0.05, 0) is 18.9 Å². The van der Waals surface area contributed by atoms with E-state index in [0.717, 1.165) is 30.3 Å². The first-order valence-electron chi connectivity index (χ1n) is 4.64. The lowest BCUT2D eigenvalue weighted by atomic mass is 10.2. The van der Waals surface area contributed by atoms with E-state index in [-0.39, 0.29) is 0 Å². The third-order valence-electron chi connectivity index (χ3n) is 1.92. The minimum atomic E-state index is 0.508. The molecule has 0 saturated heterocycles. The van der Waals surface area contributed by atoms with Crippen molar-refractivity contribution >= 4 is 16.5 Å². The maximum absolute atomic E-state index is 5.51. The monoisotopic (exact) mass is 199 g/mol. The van der Waals surface area contributed by atoms with Crippen LogP contribution in [0.15, 0.2) is 5.38 Å². The number of thiazole rings is 1. The van der Waals surface area contributed by atoms with Crippen molar-refractivity contribution in [2.75, 3.05) is 18.4 Å². The Morgan fingerprint density at radius 3 is 3.00 bits per heavy atom. The Kier molecular flexibility index (Phi) is 4.18. The quantitative estimate of drug-likeness (QED) is 0.759. The number of nitrogens with zero attached hydrogens (tertiary/aromatic N) is 1. The zero-order valence-electron chi connectivity index (χ0n) is 8.21. The van der Waals surface area contributed by atoms with E-state index in [1.807, 2.05) is 0 Å². The first-order valence-corrected chi connectivity index (χ1v) is 5.52. The summed E-state index contributed by atoms with van der Waals surface area (Å²) < 4.78 is 0. The van der Waals surface area contributed by atoms with Crippen LogP contribution in [0.1, 0.15) is 19.5 Å². The molecule has 1 heterocycles. The van der Waals surface area contributed by atoms with Gasteiger partial charge in [0.2, 0.25) is 0 Å². The van der Waals surface area contributed by atoms with Crippen molar-refractivity contribution in [1.29, 1.82) is 0 Å². The van der Waals surface area contributed by atoms with Crippen molar-refractivity contribution < 1.29 is 0 Å². The Morgan fingerprint density at radius 2 is 2.46 bits per heavy atom. The highest BCUT2D eigenvalue weighted by atomic mass is 32.1. The summed E-state index contributed by atoms with van der Waals surface area (Å²) in [5.41, 5.74) is 6.67. The molecule has 0 saturated carbocycles. The van der Waals surface area contributed by atoms with Crippen LogP contribution in [0.5, 0.6) is 0 Å². The summed E-state index contributed by atoms with van der Waals surface area (Å²) in [5.74, 6) is 0.508. The summed E-state index contributed by atoms with van der Waals surface area (Å²) in [6.45, 7) is 5.87. The van der Waals surface area contributed by atoms with Crippen LogP contribution in [0.3, 0.4) is 0 Å². The molecule has 0 aliphatic carbocycles. The molecule has 1 unspecified atom stereocenters. The molecule has 0 radical (unpaired) electrons. The van der Waals surface area contributed by atoms with Gasteiger partial charge in [-0.1, -0.05) is 13.8 Å². The fourth-order valence-electron chi connectivity index (χ4n) is 0.895. The highest BCUT2D eigenvalue weighted by Gasteiger charge is 2.01. The summed E-state index contributed by atoms with van der Waals surface area (Å²) in [6, 6.07) is 0. The summed E-state index contributed by atoms with van der Waals surface area (Å²) in [5, 5.41) is 6.38. The van der Waals surface area contributed by atoms with E-state index in [2.05, 4.69) is 29.5 Å². The molecule has 3 nitrogen and oxygen atoms in total. The third kappa shape index (κ3) is 3.32. The van der Waals surface area contributed by atoms with Crippen LogP contribution < -0.4 is 11.1 Å². The van der Waals surface area contributed by atoms with Crippen molar-refractivity contribution in [3.63, 3.8) is 0 Å². The van der Waals surface area contributed by atoms with Crippen molar-refractivity contribution in [2.45, 2.75) is 20.3 Å². The first-order chi connectivity index (χ1) is 6.26. The number of hydrogen-bond acceptors (Lipinski definition) is 4. The lowest BCUT2D eigenvalue weighted by Gasteiger charge is -2.07. The Labute approximate surface area is 83.4 Å². The predicted molar refractivity (Wildman–Crippen MR) is 58.2 cm³/mol. The average molecular weight is 199 g/mol. The van der Waals surface area contributed by atoms with Crippen LogP contribution >= 0.6 is 11.3 Å². The van der Waals surface area contributed by atoms with Gasteiger partial charge in [0.15, 0.2) is 5.13 Å². The molecule has 0 fully saturated rings. The number of rotatable bonds is 5. The molecule has 1 aromatic heterocycles. The van der Waals surface area contributed by atoms with Gasteiger partial charge in [0.05, 0.1) is 5.69 Å². The largest absolute Gasteiger partial charge is 0.361 e. The first kappa shape index (κ1) is 10.5. The van der Waals surface area contributed by atoms with Gasteiger partial charge < -0.3 is 11.1 Å². The fraction of sp³-hybridized carbons (Fsp3) is 0.667. The topological polar surface area (TPSA) is 50.9 Å². The normalized spacial score (nSPS) is 12.8. The zero-order valence-corrected chi connectivity index (χ0v) is 9.03. The molecule has 74 valence electrons. The van der Waals surface area contributed by atoms with Crippen LogP contribution in [0.4, 0.5) is 5.13 Å². The van der Waals surface area contributed by atoms with Gasteiger partial charge in [-0.25, -0.2) is 4.98 Å². The van der Waals surface area contributed by atoms with Crippen LogP contribution in [0.25, 0.3) is 0 Å². The second-order valence-electron chi connectivity index (χ2n) is 3.22. The number of aryl methyl sites for hydroxylation is 1. The number of hydrogen-bond donors (Lipinski definition) is 2. The van der Waals surface area contributed by atoms with E-state index < -0.39 is 0 Å². The molecule has 0 aliphatic rings. The lowest BCUT2D eigenvalue weighted by Crippen LogP contribution is -2.19. The van der Waals surface area contributed by atoms with Gasteiger partial charge in [0.25, 0.3) is 0 Å². The van der Waals surface area contributed by atoms with Crippen molar-refractivity contribution in [3.05, 3.63) is 11.1 Å². The van der Waals surface area contributed by atoms with Gasteiger partial charge in [-0.3, -0.25) is 0 Å². The van der Waals surface area contributed by atoms with Gasteiger partial charge in [-0.15, -0.1) is 11.3 Å². The van der Waals surface area contributed by atoms with E-state index in [9.17, 15) is 0 Å². The number of aromatic nitrogens is 1. The number of anilines is 1. The fourth-order valence-corrected chi connectivity index (χ4v) is 1.70. The number of nitrogens with two attached hydrogens (primary N) is 1. The van der Waals surface area contributed by atoms with Gasteiger partial charge >= 0.3 is 0 Å². The van der Waals surface area contributed by atoms with Crippen molar-refractivity contribution in [3.8, 4) is 0 Å². The molecule has 0 spiro atoms. The molecular formula is C9H17N3S. The molecule has 4 heteroatoms. The van der Waals surface area contributed by atoms with Gasteiger partial charge in [-0.2, -0.15) is 0 Å². The van der Waals surface area contributed by atoms with Crippen LogP contribution in [0.2, 0.25) is 0 Å². The summed E-state index contributed by atoms with van der Waals surface area (Å²) in [7, 11) is 0. The lowest BCUT2D eigenvalue weighted by molar-refractivity contribution is 0.628. The molecule has 3 N–H and O–H groups in total. The Morgan fingerprint density at radius 1 is 1.69 bits per heavy atom. The minimum absolute atomic E-state index is 0.508. The summed E-state index contributed by atoms with van der Waals surface area (Å²) in [6.07, 6.45) is 1.00. The summed E-state index contributed by atoms with van der Waals surface area (Å²) >= 11 is 1.66. The molecule has 1 aromatic rings. The minimum Gasteiger partial charge on any atom is -0.361 e. The molecule has 0 bridgehead atoms. The Bertz CT molecular complexity index is 247. The van der Waals surface area contributed by atoms with Crippen LogP contribution in [-0.4, -0.2) is 18.1 Å². The van der Waals surface area contributed by atoms with E-state index in [4.69, 9.17) is 5.73 Å². The molecule has 1 atom stereocenters. The maximum Gasteiger partial charge on any atom is 0.182 e. The molecule has 0 amide bonds. The van der Waals surface area contributed by atoms with Crippen LogP contribution in [0, 0.1) is 5.92 Å². The molecule has 0 aromatic carbocycles. The summed E-state index contributed by atoms with van der Waals surface area (Å²) in [4.78, 5) is 4.40. The molecular weight excluding hydrogens is 182 g/mol. The SMILES string of the molecule is CCc1csc(NCC(C)CN)n1. The third-order valence-corrected chi connectivity index (χ3v) is 2.77. The van der Waals surface area contributed by atoms with E-state index in [0.29, 0.717) is 5.92 Å². The zero-order chi connectivity index (χ0) is 9.68. The number of nitrogens with one attached hydrogen (secondary N) is 1. The second kappa shape index (κ2) is 5.19. The average Bonchev–Trinajstić information content (AvgIpc) is 2.61. The Balaban J connectivity index is 2.36. The van der Waals surface area contributed by atoms with E-state index in [1.165, 1.54) is 0 Å². The highest BCUT2D eigenvalue weighted by molar-refractivity contribution is 7.13. The smallest absolute Gasteiger partial charge is 0.182 e. The standard InChI is InChI=1S/C9H17N3S/c1-3-8-6-13-9(12-8)11-5-7(2)4-10/h6-7H,3-5,10H2,1-2H3,(H,11,12). The van der Waals surface area contributed by atoms with Crippen molar-refractivity contribution in [1.82, 2.24) is 4.98 Å². The van der Waals surface area contributed by atoms with Gasteiger partial charge in [0, 0.05) is 11.9 Å². The van der Waals surface area contributed by atoms with E-state index >= 15 is 0 Å². The molecule has 13 heavy (non-hydrogen) atoms. The maximum atomic E-state index is 5.51. The highest BCUT2D eigenvalue weighted by Crippen LogP contribution is 2.15. The predicted octanol–water partition coefficient (Wildman–Crippen LogP) is 1.71.